The maximum absolute atomic E-state index is 14.2. The molecule has 1 aromatic carbocycles. The highest BCUT2D eigenvalue weighted by Gasteiger charge is 2.21. The zero-order chi connectivity index (χ0) is 14.3. The third kappa shape index (κ3) is 2.56. The van der Waals surface area contributed by atoms with Gasteiger partial charge in [0.05, 0.1) is 0 Å². The Hall–Kier alpha value is -1.82. The number of nitrogens with zero attached hydrogens (tertiary/aromatic N) is 3. The number of benzene rings is 1. The lowest BCUT2D eigenvalue weighted by molar-refractivity contribution is 0.550. The van der Waals surface area contributed by atoms with E-state index in [-0.39, 0.29) is 5.69 Å². The van der Waals surface area contributed by atoms with Crippen LogP contribution in [0.1, 0.15) is 30.1 Å². The first-order chi connectivity index (χ1) is 9.54. The van der Waals surface area contributed by atoms with Crippen molar-refractivity contribution in [3.63, 3.8) is 0 Å². The van der Waals surface area contributed by atoms with E-state index in [1.165, 1.54) is 16.8 Å². The maximum atomic E-state index is 14.2. The molecule has 0 amide bonds. The summed E-state index contributed by atoms with van der Waals surface area (Å²) in [6.07, 6.45) is 2.28. The van der Waals surface area contributed by atoms with Gasteiger partial charge in [-0.3, -0.25) is 0 Å². The minimum atomic E-state index is -0.620. The van der Waals surface area contributed by atoms with Crippen molar-refractivity contribution >= 4 is 0 Å². The summed E-state index contributed by atoms with van der Waals surface area (Å²) >= 11 is 0. The Bertz CT molecular complexity index is 624. The summed E-state index contributed by atoms with van der Waals surface area (Å²) in [4.78, 5) is 4.07. The van der Waals surface area contributed by atoms with Crippen LogP contribution < -0.4 is 5.32 Å². The molecule has 1 heterocycles. The van der Waals surface area contributed by atoms with E-state index in [0.717, 1.165) is 12.8 Å². The molecule has 0 aliphatic heterocycles. The van der Waals surface area contributed by atoms with Gasteiger partial charge in [0.15, 0.2) is 11.6 Å². The lowest BCUT2D eigenvalue weighted by Crippen LogP contribution is -2.16. The summed E-state index contributed by atoms with van der Waals surface area (Å²) in [5.41, 5.74) is 0.434. The lowest BCUT2D eigenvalue weighted by atomic mass is 10.2. The Morgan fingerprint density at radius 1 is 1.25 bits per heavy atom. The van der Waals surface area contributed by atoms with Crippen LogP contribution in [-0.4, -0.2) is 20.8 Å². The first kappa shape index (κ1) is 13.2. The zero-order valence-corrected chi connectivity index (χ0v) is 11.5. The number of nitrogens with one attached hydrogen (secondary N) is 1. The number of aryl methyl sites for hydroxylation is 2. The van der Waals surface area contributed by atoms with Crippen LogP contribution >= 0.6 is 0 Å². The Labute approximate surface area is 115 Å². The van der Waals surface area contributed by atoms with Gasteiger partial charge >= 0.3 is 0 Å². The Balaban J connectivity index is 1.93. The summed E-state index contributed by atoms with van der Waals surface area (Å²) in [6.45, 7) is 3.84. The molecule has 1 saturated carbocycles. The highest BCUT2D eigenvalue weighted by molar-refractivity contribution is 5.38. The van der Waals surface area contributed by atoms with Crippen LogP contribution in [0, 0.1) is 25.5 Å². The molecule has 1 N–H and O–H groups in total. The van der Waals surface area contributed by atoms with Crippen molar-refractivity contribution in [1.82, 2.24) is 20.1 Å². The third-order valence-electron chi connectivity index (χ3n) is 3.34. The van der Waals surface area contributed by atoms with Crippen molar-refractivity contribution in [3.05, 3.63) is 41.0 Å². The van der Waals surface area contributed by atoms with Gasteiger partial charge in [0, 0.05) is 12.6 Å². The van der Waals surface area contributed by atoms with E-state index in [9.17, 15) is 8.78 Å². The average molecular weight is 278 g/mol. The Kier molecular flexibility index (Phi) is 3.25. The van der Waals surface area contributed by atoms with Gasteiger partial charge in [-0.05, 0) is 44.4 Å². The molecule has 0 radical (unpaired) electrons. The van der Waals surface area contributed by atoms with Crippen molar-refractivity contribution in [2.24, 2.45) is 0 Å². The van der Waals surface area contributed by atoms with E-state index in [1.54, 1.807) is 13.8 Å². The monoisotopic (exact) mass is 278 g/mol. The van der Waals surface area contributed by atoms with Crippen LogP contribution in [0.3, 0.4) is 0 Å². The van der Waals surface area contributed by atoms with Crippen LogP contribution in [0.4, 0.5) is 8.78 Å². The Morgan fingerprint density at radius 2 is 1.90 bits per heavy atom. The van der Waals surface area contributed by atoms with Crippen molar-refractivity contribution in [2.75, 3.05) is 0 Å². The summed E-state index contributed by atoms with van der Waals surface area (Å²) in [5.74, 6) is -0.291. The van der Waals surface area contributed by atoms with Crippen molar-refractivity contribution in [1.29, 1.82) is 0 Å². The normalized spacial score (nSPS) is 14.8. The third-order valence-corrected chi connectivity index (χ3v) is 3.34. The quantitative estimate of drug-likeness (QED) is 0.934. The van der Waals surface area contributed by atoms with E-state index in [1.807, 2.05) is 0 Å². The fraction of sp³-hybridized carbons (Fsp3) is 0.429. The summed E-state index contributed by atoms with van der Waals surface area (Å²) in [5, 5.41) is 7.26. The van der Waals surface area contributed by atoms with Gasteiger partial charge in [0.1, 0.15) is 17.3 Å². The fourth-order valence-electron chi connectivity index (χ4n) is 2.20. The maximum Gasteiger partial charge on any atom is 0.152 e. The van der Waals surface area contributed by atoms with E-state index < -0.39 is 11.6 Å². The predicted octanol–water partition coefficient (Wildman–Crippen LogP) is 2.41. The highest BCUT2D eigenvalue weighted by Crippen LogP contribution is 2.22. The summed E-state index contributed by atoms with van der Waals surface area (Å²) < 4.78 is 29.5. The molecule has 1 aromatic heterocycles. The first-order valence-corrected chi connectivity index (χ1v) is 6.66. The SMILES string of the molecule is Cc1nc(C)n(-c2c(F)cc(CNC3CC3)cc2F)n1. The van der Waals surface area contributed by atoms with Crippen molar-refractivity contribution < 1.29 is 8.78 Å². The predicted molar refractivity (Wildman–Crippen MR) is 70.6 cm³/mol. The number of halogens is 2. The van der Waals surface area contributed by atoms with Gasteiger partial charge < -0.3 is 5.32 Å². The average Bonchev–Trinajstić information content (AvgIpc) is 3.13. The zero-order valence-electron chi connectivity index (χ0n) is 11.5. The minimum absolute atomic E-state index is 0.168. The molecule has 1 aliphatic carbocycles. The minimum Gasteiger partial charge on any atom is -0.310 e. The Morgan fingerprint density at radius 3 is 2.40 bits per heavy atom. The van der Waals surface area contributed by atoms with E-state index >= 15 is 0 Å². The lowest BCUT2D eigenvalue weighted by Gasteiger charge is -2.09. The van der Waals surface area contributed by atoms with Gasteiger partial charge in [-0.25, -0.2) is 18.4 Å². The molecule has 0 spiro atoms. The molecule has 4 nitrogen and oxygen atoms in total. The van der Waals surface area contributed by atoms with Crippen LogP contribution in [0.25, 0.3) is 5.69 Å². The van der Waals surface area contributed by atoms with Gasteiger partial charge in [0.25, 0.3) is 0 Å². The van der Waals surface area contributed by atoms with Crippen LogP contribution in [0.15, 0.2) is 12.1 Å². The standard InChI is InChI=1S/C14H16F2N4/c1-8-18-9(2)20(19-8)14-12(15)5-10(6-13(14)16)7-17-11-3-4-11/h5-6,11,17H,3-4,7H2,1-2H3. The number of aromatic nitrogens is 3. The van der Waals surface area contributed by atoms with Crippen molar-refractivity contribution in [2.45, 2.75) is 39.3 Å². The van der Waals surface area contributed by atoms with Gasteiger partial charge in [-0.15, -0.1) is 0 Å². The molecule has 2 aromatic rings. The van der Waals surface area contributed by atoms with Gasteiger partial charge in [-0.1, -0.05) is 0 Å². The van der Waals surface area contributed by atoms with Crippen LogP contribution in [0.2, 0.25) is 0 Å². The molecule has 0 atom stereocenters. The molecule has 0 unspecified atom stereocenters. The summed E-state index contributed by atoms with van der Waals surface area (Å²) in [6, 6.07) is 3.20. The number of hydrogen-bond donors (Lipinski definition) is 1. The summed E-state index contributed by atoms with van der Waals surface area (Å²) in [7, 11) is 0. The van der Waals surface area contributed by atoms with Gasteiger partial charge in [-0.2, -0.15) is 5.10 Å². The van der Waals surface area contributed by atoms with E-state index in [0.29, 0.717) is 29.8 Å². The van der Waals surface area contributed by atoms with Gasteiger partial charge in [0.2, 0.25) is 0 Å². The molecule has 0 saturated heterocycles. The second kappa shape index (κ2) is 4.94. The molecular formula is C14H16F2N4. The first-order valence-electron chi connectivity index (χ1n) is 6.66. The molecule has 20 heavy (non-hydrogen) atoms. The molecular weight excluding hydrogens is 262 g/mol. The van der Waals surface area contributed by atoms with Crippen molar-refractivity contribution in [3.8, 4) is 5.69 Å². The topological polar surface area (TPSA) is 42.7 Å². The number of hydrogen-bond acceptors (Lipinski definition) is 3. The highest BCUT2D eigenvalue weighted by atomic mass is 19.1. The van der Waals surface area contributed by atoms with Crippen LogP contribution in [-0.2, 0) is 6.54 Å². The molecule has 0 bridgehead atoms. The second-order valence-electron chi connectivity index (χ2n) is 5.18. The molecule has 1 aliphatic rings. The van der Waals surface area contributed by atoms with E-state index in [4.69, 9.17) is 0 Å². The largest absolute Gasteiger partial charge is 0.310 e. The molecule has 6 heteroatoms. The molecule has 1 fully saturated rings. The fourth-order valence-corrected chi connectivity index (χ4v) is 2.20. The van der Waals surface area contributed by atoms with E-state index in [2.05, 4.69) is 15.4 Å². The second-order valence-corrected chi connectivity index (χ2v) is 5.18. The molecule has 3 rings (SSSR count). The molecule has 106 valence electrons. The van der Waals surface area contributed by atoms with Crippen LogP contribution in [0.5, 0.6) is 0 Å². The smallest absolute Gasteiger partial charge is 0.152 e. The number of rotatable bonds is 4.